The quantitative estimate of drug-likeness (QED) is 0.926. The van der Waals surface area contributed by atoms with Crippen molar-refractivity contribution in [3.8, 4) is 0 Å². The Kier molecular flexibility index (Phi) is 5.01. The second-order valence-corrected chi connectivity index (χ2v) is 7.18. The Morgan fingerprint density at radius 2 is 2.15 bits per heavy atom. The summed E-state index contributed by atoms with van der Waals surface area (Å²) in [7, 11) is -3.70. The van der Waals surface area contributed by atoms with E-state index in [4.69, 9.17) is 17.3 Å². The first-order chi connectivity index (χ1) is 9.46. The lowest BCUT2D eigenvalue weighted by atomic mass is 10.0. The van der Waals surface area contributed by atoms with Crippen molar-refractivity contribution in [1.82, 2.24) is 4.31 Å². The SMILES string of the molecule is NCCC1CCCCN1S(=O)(=O)c1ccc(F)cc1Cl. The van der Waals surface area contributed by atoms with Crippen LogP contribution in [0.15, 0.2) is 23.1 Å². The van der Waals surface area contributed by atoms with Crippen molar-refractivity contribution in [2.24, 2.45) is 5.73 Å². The summed E-state index contributed by atoms with van der Waals surface area (Å²) in [6.45, 7) is 0.897. The van der Waals surface area contributed by atoms with Gasteiger partial charge in [0.25, 0.3) is 0 Å². The largest absolute Gasteiger partial charge is 0.330 e. The van der Waals surface area contributed by atoms with Gasteiger partial charge < -0.3 is 5.73 Å². The molecule has 1 unspecified atom stereocenters. The highest BCUT2D eigenvalue weighted by atomic mass is 35.5. The van der Waals surface area contributed by atoms with Crippen molar-refractivity contribution >= 4 is 21.6 Å². The summed E-state index contributed by atoms with van der Waals surface area (Å²) >= 11 is 5.89. The standard InChI is InChI=1S/C13H18ClFN2O2S/c14-12-9-10(15)4-5-13(12)20(18,19)17-8-2-1-3-11(17)6-7-16/h4-5,9,11H,1-3,6-8,16H2. The van der Waals surface area contributed by atoms with Gasteiger partial charge in [-0.25, -0.2) is 12.8 Å². The van der Waals surface area contributed by atoms with Crippen LogP contribution in [0.25, 0.3) is 0 Å². The maximum Gasteiger partial charge on any atom is 0.244 e. The van der Waals surface area contributed by atoms with E-state index in [2.05, 4.69) is 0 Å². The molecule has 1 atom stereocenters. The highest BCUT2D eigenvalue weighted by Crippen LogP contribution is 2.30. The third kappa shape index (κ3) is 3.14. The lowest BCUT2D eigenvalue weighted by Crippen LogP contribution is -2.44. The maximum absolute atomic E-state index is 13.1. The second-order valence-electron chi connectivity index (χ2n) is 4.92. The smallest absolute Gasteiger partial charge is 0.244 e. The van der Waals surface area contributed by atoms with E-state index in [-0.39, 0.29) is 16.0 Å². The van der Waals surface area contributed by atoms with Crippen LogP contribution in [0, 0.1) is 5.82 Å². The first kappa shape index (κ1) is 15.7. The summed E-state index contributed by atoms with van der Waals surface area (Å²) in [4.78, 5) is -0.0375. The van der Waals surface area contributed by atoms with E-state index in [1.165, 1.54) is 10.4 Å². The third-order valence-electron chi connectivity index (χ3n) is 3.55. The minimum Gasteiger partial charge on any atom is -0.330 e. The minimum atomic E-state index is -3.70. The normalized spacial score (nSPS) is 21.1. The summed E-state index contributed by atoms with van der Waals surface area (Å²) < 4.78 is 39.9. The molecule has 0 aromatic heterocycles. The van der Waals surface area contributed by atoms with E-state index in [0.717, 1.165) is 31.4 Å². The van der Waals surface area contributed by atoms with Gasteiger partial charge in [-0.3, -0.25) is 0 Å². The molecule has 1 heterocycles. The van der Waals surface area contributed by atoms with Crippen LogP contribution in [0.5, 0.6) is 0 Å². The molecule has 0 radical (unpaired) electrons. The fourth-order valence-electron chi connectivity index (χ4n) is 2.58. The molecule has 0 spiro atoms. The monoisotopic (exact) mass is 320 g/mol. The molecular weight excluding hydrogens is 303 g/mol. The molecule has 1 aromatic rings. The van der Waals surface area contributed by atoms with Crippen molar-refractivity contribution in [3.05, 3.63) is 29.0 Å². The number of sulfonamides is 1. The van der Waals surface area contributed by atoms with Gasteiger partial charge in [-0.15, -0.1) is 0 Å². The molecule has 112 valence electrons. The molecule has 1 aliphatic heterocycles. The molecule has 0 amide bonds. The summed E-state index contributed by atoms with van der Waals surface area (Å²) in [5.74, 6) is -0.550. The van der Waals surface area contributed by atoms with Gasteiger partial charge in [0.15, 0.2) is 0 Å². The predicted molar refractivity (Wildman–Crippen MR) is 76.6 cm³/mol. The fraction of sp³-hybridized carbons (Fsp3) is 0.538. The number of nitrogens with zero attached hydrogens (tertiary/aromatic N) is 1. The number of benzene rings is 1. The fourth-order valence-corrected chi connectivity index (χ4v) is 4.81. The van der Waals surface area contributed by atoms with Crippen LogP contribution in [0.4, 0.5) is 4.39 Å². The average molecular weight is 321 g/mol. The van der Waals surface area contributed by atoms with Crippen LogP contribution in [0.3, 0.4) is 0 Å². The number of hydrogen-bond donors (Lipinski definition) is 1. The van der Waals surface area contributed by atoms with Crippen LogP contribution >= 0.6 is 11.6 Å². The molecule has 0 saturated carbocycles. The highest BCUT2D eigenvalue weighted by Gasteiger charge is 2.34. The van der Waals surface area contributed by atoms with Crippen LogP contribution < -0.4 is 5.73 Å². The number of nitrogens with two attached hydrogens (primary N) is 1. The Labute approximate surface area is 123 Å². The lowest BCUT2D eigenvalue weighted by molar-refractivity contribution is 0.243. The van der Waals surface area contributed by atoms with Gasteiger partial charge in [-0.2, -0.15) is 4.31 Å². The Morgan fingerprint density at radius 1 is 1.40 bits per heavy atom. The molecule has 0 bridgehead atoms. The van der Waals surface area contributed by atoms with Crippen molar-refractivity contribution in [3.63, 3.8) is 0 Å². The molecular formula is C13H18ClFN2O2S. The van der Waals surface area contributed by atoms with E-state index in [1.807, 2.05) is 0 Å². The van der Waals surface area contributed by atoms with E-state index < -0.39 is 15.8 Å². The Balaban J connectivity index is 2.37. The van der Waals surface area contributed by atoms with E-state index in [0.29, 0.717) is 19.5 Å². The molecule has 7 heteroatoms. The molecule has 1 aliphatic rings. The molecule has 1 aromatic carbocycles. The van der Waals surface area contributed by atoms with Gasteiger partial charge in [-0.1, -0.05) is 18.0 Å². The van der Waals surface area contributed by atoms with E-state index >= 15 is 0 Å². The number of rotatable bonds is 4. The average Bonchev–Trinajstić information content (AvgIpc) is 2.39. The molecule has 0 aliphatic carbocycles. The molecule has 20 heavy (non-hydrogen) atoms. The van der Waals surface area contributed by atoms with E-state index in [9.17, 15) is 12.8 Å². The van der Waals surface area contributed by atoms with Crippen LogP contribution in [0.2, 0.25) is 5.02 Å². The highest BCUT2D eigenvalue weighted by molar-refractivity contribution is 7.89. The summed E-state index contributed by atoms with van der Waals surface area (Å²) in [5, 5.41) is -0.0814. The van der Waals surface area contributed by atoms with Gasteiger partial charge in [0.05, 0.1) is 5.02 Å². The summed E-state index contributed by atoms with van der Waals surface area (Å²) in [5.41, 5.74) is 5.56. The van der Waals surface area contributed by atoms with Gasteiger partial charge in [-0.05, 0) is 44.0 Å². The predicted octanol–water partition coefficient (Wildman–Crippen LogP) is 2.37. The van der Waals surface area contributed by atoms with Crippen molar-refractivity contribution in [2.45, 2.75) is 36.6 Å². The lowest BCUT2D eigenvalue weighted by Gasteiger charge is -2.34. The first-order valence-electron chi connectivity index (χ1n) is 6.64. The van der Waals surface area contributed by atoms with Crippen LogP contribution in [-0.4, -0.2) is 31.9 Å². The molecule has 2 N–H and O–H groups in total. The number of halogens is 2. The first-order valence-corrected chi connectivity index (χ1v) is 8.45. The Morgan fingerprint density at radius 3 is 2.80 bits per heavy atom. The number of hydrogen-bond acceptors (Lipinski definition) is 3. The zero-order valence-corrected chi connectivity index (χ0v) is 12.6. The zero-order chi connectivity index (χ0) is 14.8. The van der Waals surface area contributed by atoms with Crippen molar-refractivity contribution < 1.29 is 12.8 Å². The molecule has 2 rings (SSSR count). The van der Waals surface area contributed by atoms with Gasteiger partial charge >= 0.3 is 0 Å². The zero-order valence-electron chi connectivity index (χ0n) is 11.1. The maximum atomic E-state index is 13.1. The topological polar surface area (TPSA) is 63.4 Å². The Bertz CT molecular complexity index is 578. The van der Waals surface area contributed by atoms with Crippen molar-refractivity contribution in [1.29, 1.82) is 0 Å². The van der Waals surface area contributed by atoms with E-state index in [1.54, 1.807) is 0 Å². The Hall–Kier alpha value is -0.690. The van der Waals surface area contributed by atoms with Gasteiger partial charge in [0, 0.05) is 12.6 Å². The molecule has 1 fully saturated rings. The van der Waals surface area contributed by atoms with Crippen LogP contribution in [-0.2, 0) is 10.0 Å². The van der Waals surface area contributed by atoms with Crippen LogP contribution in [0.1, 0.15) is 25.7 Å². The molecule has 4 nitrogen and oxygen atoms in total. The number of piperidine rings is 1. The second kappa shape index (κ2) is 6.39. The van der Waals surface area contributed by atoms with Crippen molar-refractivity contribution in [2.75, 3.05) is 13.1 Å². The third-order valence-corrected chi connectivity index (χ3v) is 5.99. The summed E-state index contributed by atoms with van der Waals surface area (Å²) in [6.07, 6.45) is 3.24. The summed E-state index contributed by atoms with van der Waals surface area (Å²) in [6, 6.07) is 3.26. The van der Waals surface area contributed by atoms with Gasteiger partial charge in [0.2, 0.25) is 10.0 Å². The molecule has 1 saturated heterocycles. The minimum absolute atomic E-state index is 0.0375. The van der Waals surface area contributed by atoms with Gasteiger partial charge in [0.1, 0.15) is 10.7 Å².